The van der Waals surface area contributed by atoms with E-state index in [9.17, 15) is 4.79 Å². The minimum Gasteiger partial charge on any atom is -0.377 e. The van der Waals surface area contributed by atoms with Crippen molar-refractivity contribution in [2.24, 2.45) is 5.73 Å². The van der Waals surface area contributed by atoms with Gasteiger partial charge < -0.3 is 15.8 Å². The first-order chi connectivity index (χ1) is 8.74. The van der Waals surface area contributed by atoms with Gasteiger partial charge in [0.05, 0.1) is 12.1 Å². The first-order valence-corrected chi connectivity index (χ1v) is 7.38. The van der Waals surface area contributed by atoms with Gasteiger partial charge in [-0.05, 0) is 19.3 Å². The molecule has 2 atom stereocenters. The van der Waals surface area contributed by atoms with Gasteiger partial charge in [-0.25, -0.2) is 0 Å². The van der Waals surface area contributed by atoms with Crippen molar-refractivity contribution in [2.45, 2.75) is 70.4 Å². The van der Waals surface area contributed by atoms with Crippen LogP contribution in [0.4, 0.5) is 0 Å². The highest BCUT2D eigenvalue weighted by atomic mass is 16.5. The first-order valence-electron chi connectivity index (χ1n) is 7.38. The van der Waals surface area contributed by atoms with Gasteiger partial charge in [-0.2, -0.15) is 0 Å². The van der Waals surface area contributed by atoms with Gasteiger partial charge in [0.2, 0.25) is 5.91 Å². The summed E-state index contributed by atoms with van der Waals surface area (Å²) in [6.07, 6.45) is 9.40. The topological polar surface area (TPSA) is 64.3 Å². The number of nitrogens with two attached hydrogens (primary N) is 1. The number of nitrogens with one attached hydrogen (secondary N) is 1. The Morgan fingerprint density at radius 2 is 2.17 bits per heavy atom. The van der Waals surface area contributed by atoms with Crippen molar-refractivity contribution in [1.29, 1.82) is 0 Å². The number of primary amides is 1. The van der Waals surface area contributed by atoms with Crippen LogP contribution in [0, 0.1) is 0 Å². The Hall–Kier alpha value is -0.610. The van der Waals surface area contributed by atoms with Gasteiger partial charge >= 0.3 is 0 Å². The van der Waals surface area contributed by atoms with Crippen LogP contribution in [0.3, 0.4) is 0 Å². The molecular formula is C14H28N2O2. The zero-order valence-corrected chi connectivity index (χ0v) is 11.6. The average molecular weight is 256 g/mol. The summed E-state index contributed by atoms with van der Waals surface area (Å²) in [7, 11) is 0. The highest BCUT2D eigenvalue weighted by molar-refractivity contribution is 5.79. The first kappa shape index (κ1) is 15.4. The van der Waals surface area contributed by atoms with E-state index in [0.717, 1.165) is 38.8 Å². The van der Waals surface area contributed by atoms with Gasteiger partial charge in [-0.15, -0.1) is 0 Å². The minimum atomic E-state index is -0.233. The molecule has 2 unspecified atom stereocenters. The van der Waals surface area contributed by atoms with Crippen LogP contribution in [0.15, 0.2) is 0 Å². The van der Waals surface area contributed by atoms with E-state index in [2.05, 4.69) is 12.2 Å². The summed E-state index contributed by atoms with van der Waals surface area (Å²) in [5.74, 6) is -0.233. The Kier molecular flexibility index (Phi) is 8.01. The molecule has 4 heteroatoms. The van der Waals surface area contributed by atoms with E-state index in [-0.39, 0.29) is 18.1 Å². The highest BCUT2D eigenvalue weighted by Gasteiger charge is 2.19. The molecule has 1 amide bonds. The van der Waals surface area contributed by atoms with Gasteiger partial charge in [0, 0.05) is 13.2 Å². The fourth-order valence-corrected chi connectivity index (χ4v) is 2.38. The Balaban J connectivity index is 2.12. The van der Waals surface area contributed by atoms with E-state index in [1.165, 1.54) is 25.7 Å². The van der Waals surface area contributed by atoms with Crippen molar-refractivity contribution in [2.75, 3.05) is 13.2 Å². The molecule has 3 N–H and O–H groups in total. The lowest BCUT2D eigenvalue weighted by molar-refractivity contribution is -0.120. The number of amides is 1. The number of carbonyl (C=O) groups is 1. The Morgan fingerprint density at radius 1 is 1.39 bits per heavy atom. The van der Waals surface area contributed by atoms with Crippen LogP contribution in [-0.4, -0.2) is 31.2 Å². The predicted molar refractivity (Wildman–Crippen MR) is 73.3 cm³/mol. The molecule has 0 aromatic carbocycles. The summed E-state index contributed by atoms with van der Waals surface area (Å²) in [4.78, 5) is 11.3. The SMILES string of the molecule is CCCCCCCC(NCC1CCCO1)C(N)=O. The molecule has 1 rings (SSSR count). The van der Waals surface area contributed by atoms with Crippen molar-refractivity contribution >= 4 is 5.91 Å². The summed E-state index contributed by atoms with van der Waals surface area (Å²) in [5, 5.41) is 3.25. The predicted octanol–water partition coefficient (Wildman–Crippen LogP) is 1.97. The molecule has 1 aliphatic rings. The van der Waals surface area contributed by atoms with Crippen LogP contribution in [0.2, 0.25) is 0 Å². The second-order valence-electron chi connectivity index (χ2n) is 5.20. The Labute approximate surface area is 111 Å². The van der Waals surface area contributed by atoms with Crippen LogP contribution in [0.1, 0.15) is 58.3 Å². The molecule has 18 heavy (non-hydrogen) atoms. The maximum Gasteiger partial charge on any atom is 0.234 e. The van der Waals surface area contributed by atoms with Crippen molar-refractivity contribution in [1.82, 2.24) is 5.32 Å². The van der Waals surface area contributed by atoms with E-state index in [4.69, 9.17) is 10.5 Å². The summed E-state index contributed by atoms with van der Waals surface area (Å²) >= 11 is 0. The van der Waals surface area contributed by atoms with Crippen molar-refractivity contribution in [3.05, 3.63) is 0 Å². The van der Waals surface area contributed by atoms with Crippen LogP contribution in [0.25, 0.3) is 0 Å². The zero-order chi connectivity index (χ0) is 13.2. The molecule has 1 aliphatic heterocycles. The monoisotopic (exact) mass is 256 g/mol. The van der Waals surface area contributed by atoms with Crippen molar-refractivity contribution in [3.8, 4) is 0 Å². The minimum absolute atomic E-state index is 0.184. The standard InChI is InChI=1S/C14H28N2O2/c1-2-3-4-5-6-9-13(14(15)17)16-11-12-8-7-10-18-12/h12-13,16H,2-11H2,1H3,(H2,15,17). The third-order valence-corrected chi connectivity index (χ3v) is 3.56. The van der Waals surface area contributed by atoms with Crippen molar-refractivity contribution in [3.63, 3.8) is 0 Å². The molecule has 0 spiro atoms. The zero-order valence-electron chi connectivity index (χ0n) is 11.6. The quantitative estimate of drug-likeness (QED) is 0.587. The average Bonchev–Trinajstić information content (AvgIpc) is 2.85. The van der Waals surface area contributed by atoms with E-state index in [0.29, 0.717) is 0 Å². The molecule has 0 bridgehead atoms. The lowest BCUT2D eigenvalue weighted by Gasteiger charge is -2.18. The molecule has 4 nitrogen and oxygen atoms in total. The number of hydrogen-bond acceptors (Lipinski definition) is 3. The fourth-order valence-electron chi connectivity index (χ4n) is 2.38. The normalized spacial score (nSPS) is 21.1. The van der Waals surface area contributed by atoms with E-state index < -0.39 is 0 Å². The van der Waals surface area contributed by atoms with Crippen LogP contribution in [-0.2, 0) is 9.53 Å². The van der Waals surface area contributed by atoms with Gasteiger partial charge in [-0.1, -0.05) is 39.0 Å². The molecule has 0 aromatic rings. The molecule has 0 saturated carbocycles. The third kappa shape index (κ3) is 6.36. The highest BCUT2D eigenvalue weighted by Crippen LogP contribution is 2.12. The molecule has 106 valence electrons. The molecule has 0 aliphatic carbocycles. The van der Waals surface area contributed by atoms with E-state index >= 15 is 0 Å². The lowest BCUT2D eigenvalue weighted by Crippen LogP contribution is -2.44. The lowest BCUT2D eigenvalue weighted by atomic mass is 10.1. The number of rotatable bonds is 10. The van der Waals surface area contributed by atoms with Gasteiger partial charge in [0.1, 0.15) is 0 Å². The summed E-state index contributed by atoms with van der Waals surface area (Å²) in [6.45, 7) is 3.81. The third-order valence-electron chi connectivity index (χ3n) is 3.56. The molecule has 0 radical (unpaired) electrons. The van der Waals surface area contributed by atoms with Crippen LogP contribution < -0.4 is 11.1 Å². The molecule has 1 fully saturated rings. The molecular weight excluding hydrogens is 228 g/mol. The second-order valence-corrected chi connectivity index (χ2v) is 5.20. The maximum absolute atomic E-state index is 11.3. The van der Waals surface area contributed by atoms with E-state index in [1.807, 2.05) is 0 Å². The largest absolute Gasteiger partial charge is 0.377 e. The maximum atomic E-state index is 11.3. The Morgan fingerprint density at radius 3 is 2.78 bits per heavy atom. The number of hydrogen-bond donors (Lipinski definition) is 2. The Bertz CT molecular complexity index is 228. The molecule has 0 aromatic heterocycles. The number of ether oxygens (including phenoxy) is 1. The summed E-state index contributed by atoms with van der Waals surface area (Å²) < 4.78 is 5.53. The number of carbonyl (C=O) groups excluding carboxylic acids is 1. The smallest absolute Gasteiger partial charge is 0.234 e. The molecule has 1 heterocycles. The van der Waals surface area contributed by atoms with Crippen LogP contribution in [0.5, 0.6) is 0 Å². The van der Waals surface area contributed by atoms with Gasteiger partial charge in [0.15, 0.2) is 0 Å². The van der Waals surface area contributed by atoms with Gasteiger partial charge in [-0.3, -0.25) is 4.79 Å². The van der Waals surface area contributed by atoms with Gasteiger partial charge in [0.25, 0.3) is 0 Å². The molecule has 1 saturated heterocycles. The van der Waals surface area contributed by atoms with Crippen LogP contribution >= 0.6 is 0 Å². The summed E-state index contributed by atoms with van der Waals surface area (Å²) in [6, 6.07) is -0.184. The fraction of sp³-hybridized carbons (Fsp3) is 0.929. The van der Waals surface area contributed by atoms with E-state index in [1.54, 1.807) is 0 Å². The van der Waals surface area contributed by atoms with Crippen molar-refractivity contribution < 1.29 is 9.53 Å². The summed E-state index contributed by atoms with van der Waals surface area (Å²) in [5.41, 5.74) is 5.42. The second kappa shape index (κ2) is 9.34. The number of unbranched alkanes of at least 4 members (excludes halogenated alkanes) is 4.